The molecule has 0 aromatic carbocycles. The molecule has 5 nitrogen and oxygen atoms in total. The summed E-state index contributed by atoms with van der Waals surface area (Å²) in [5, 5.41) is 5.50. The average Bonchev–Trinajstić information content (AvgIpc) is 3.10. The van der Waals surface area contributed by atoms with Gasteiger partial charge in [0.15, 0.2) is 0 Å². The Bertz CT molecular complexity index is 289. The third-order valence-corrected chi connectivity index (χ3v) is 3.24. The van der Waals surface area contributed by atoms with Crippen molar-refractivity contribution in [2.24, 2.45) is 11.7 Å². The van der Waals surface area contributed by atoms with Gasteiger partial charge in [0.1, 0.15) is 6.04 Å². The van der Waals surface area contributed by atoms with Crippen LogP contribution in [0, 0.1) is 5.92 Å². The Balaban J connectivity index is 2.35. The molecule has 4 N–H and O–H groups in total. The molecule has 0 aliphatic heterocycles. The molecule has 3 atom stereocenters. The van der Waals surface area contributed by atoms with Gasteiger partial charge in [-0.2, -0.15) is 0 Å². The largest absolute Gasteiger partial charge is 0.352 e. The van der Waals surface area contributed by atoms with E-state index in [1.165, 1.54) is 0 Å². The third-order valence-electron chi connectivity index (χ3n) is 3.24. The lowest BCUT2D eigenvalue weighted by molar-refractivity contribution is -0.129. The van der Waals surface area contributed by atoms with Crippen LogP contribution >= 0.6 is 0 Å². The summed E-state index contributed by atoms with van der Waals surface area (Å²) in [6, 6.07) is -0.750. The van der Waals surface area contributed by atoms with Crippen molar-refractivity contribution in [3.63, 3.8) is 0 Å². The minimum atomic E-state index is -0.545. The monoisotopic (exact) mass is 241 g/mol. The number of nitrogens with two attached hydrogens (primary N) is 1. The van der Waals surface area contributed by atoms with Gasteiger partial charge < -0.3 is 16.4 Å². The topological polar surface area (TPSA) is 84.2 Å². The van der Waals surface area contributed by atoms with Gasteiger partial charge in [0.05, 0.1) is 6.04 Å². The van der Waals surface area contributed by atoms with E-state index in [0.717, 1.165) is 19.3 Å². The predicted molar refractivity (Wildman–Crippen MR) is 66.2 cm³/mol. The van der Waals surface area contributed by atoms with Gasteiger partial charge in [0.2, 0.25) is 11.8 Å². The summed E-state index contributed by atoms with van der Waals surface area (Å²) in [5.74, 6) is -0.260. The van der Waals surface area contributed by atoms with Crippen LogP contribution in [0.25, 0.3) is 0 Å². The maximum Gasteiger partial charge on any atom is 0.242 e. The van der Waals surface area contributed by atoms with E-state index < -0.39 is 12.1 Å². The standard InChI is InChI=1S/C12H23N3O2/c1-4-7(2)10(13)12(17)14-8(3)11(16)15-9-5-6-9/h7-10H,4-6,13H2,1-3H3,(H,14,17)(H,15,16)/t7?,8?,10-/m0/s1. The highest BCUT2D eigenvalue weighted by Gasteiger charge is 2.27. The first-order valence-electron chi connectivity index (χ1n) is 6.32. The summed E-state index contributed by atoms with van der Waals surface area (Å²) in [6.45, 7) is 5.60. The molecular weight excluding hydrogens is 218 g/mol. The van der Waals surface area contributed by atoms with E-state index in [-0.39, 0.29) is 17.7 Å². The molecule has 0 bridgehead atoms. The third kappa shape index (κ3) is 4.34. The quantitative estimate of drug-likeness (QED) is 0.618. The van der Waals surface area contributed by atoms with E-state index in [4.69, 9.17) is 5.73 Å². The van der Waals surface area contributed by atoms with E-state index in [9.17, 15) is 9.59 Å². The number of carbonyl (C=O) groups is 2. The molecule has 1 aliphatic rings. The molecule has 1 fully saturated rings. The number of hydrogen-bond donors (Lipinski definition) is 3. The van der Waals surface area contributed by atoms with Crippen molar-refractivity contribution in [3.8, 4) is 0 Å². The highest BCUT2D eigenvalue weighted by Crippen LogP contribution is 2.18. The Morgan fingerprint density at radius 2 is 1.88 bits per heavy atom. The molecule has 0 spiro atoms. The zero-order chi connectivity index (χ0) is 13.0. The molecule has 98 valence electrons. The van der Waals surface area contributed by atoms with Gasteiger partial charge in [0, 0.05) is 6.04 Å². The summed E-state index contributed by atoms with van der Waals surface area (Å²) in [7, 11) is 0. The normalized spacial score (nSPS) is 20.2. The molecule has 2 amide bonds. The summed E-state index contributed by atoms with van der Waals surface area (Å²) in [4.78, 5) is 23.4. The molecule has 1 rings (SSSR count). The second-order valence-corrected chi connectivity index (χ2v) is 4.92. The van der Waals surface area contributed by atoms with Crippen molar-refractivity contribution < 1.29 is 9.59 Å². The van der Waals surface area contributed by atoms with E-state index >= 15 is 0 Å². The lowest BCUT2D eigenvalue weighted by Gasteiger charge is -2.20. The van der Waals surface area contributed by atoms with Gasteiger partial charge in [-0.05, 0) is 25.7 Å². The number of carbonyl (C=O) groups excluding carboxylic acids is 2. The number of nitrogens with one attached hydrogen (secondary N) is 2. The van der Waals surface area contributed by atoms with Gasteiger partial charge >= 0.3 is 0 Å². The van der Waals surface area contributed by atoms with Crippen molar-refractivity contribution in [1.82, 2.24) is 10.6 Å². The molecule has 0 aromatic rings. The smallest absolute Gasteiger partial charge is 0.242 e. The minimum Gasteiger partial charge on any atom is -0.352 e. The molecule has 0 heterocycles. The Hall–Kier alpha value is -1.10. The van der Waals surface area contributed by atoms with Crippen molar-refractivity contribution in [1.29, 1.82) is 0 Å². The summed E-state index contributed by atoms with van der Waals surface area (Å²) in [5.41, 5.74) is 5.79. The Kier molecular flexibility index (Phi) is 4.93. The molecule has 2 unspecified atom stereocenters. The summed E-state index contributed by atoms with van der Waals surface area (Å²) in [6.07, 6.45) is 2.93. The summed E-state index contributed by atoms with van der Waals surface area (Å²) < 4.78 is 0. The van der Waals surface area contributed by atoms with Crippen molar-refractivity contribution in [2.45, 2.75) is 58.2 Å². The fourth-order valence-corrected chi connectivity index (χ4v) is 1.44. The van der Waals surface area contributed by atoms with E-state index in [2.05, 4.69) is 10.6 Å². The maximum atomic E-state index is 11.7. The highest BCUT2D eigenvalue weighted by atomic mass is 16.2. The van der Waals surface area contributed by atoms with Gasteiger partial charge in [-0.3, -0.25) is 9.59 Å². The van der Waals surface area contributed by atoms with Crippen molar-refractivity contribution in [3.05, 3.63) is 0 Å². The van der Waals surface area contributed by atoms with Crippen LogP contribution in [-0.2, 0) is 9.59 Å². The molecule has 0 aromatic heterocycles. The first-order chi connectivity index (χ1) is 7.95. The Morgan fingerprint density at radius 1 is 1.29 bits per heavy atom. The van der Waals surface area contributed by atoms with Gasteiger partial charge in [-0.1, -0.05) is 20.3 Å². The van der Waals surface area contributed by atoms with Crippen molar-refractivity contribution in [2.75, 3.05) is 0 Å². The fourth-order valence-electron chi connectivity index (χ4n) is 1.44. The molecule has 1 aliphatic carbocycles. The highest BCUT2D eigenvalue weighted by molar-refractivity contribution is 5.89. The first-order valence-corrected chi connectivity index (χ1v) is 6.32. The van der Waals surface area contributed by atoms with Crippen LogP contribution in [0.1, 0.15) is 40.0 Å². The number of amides is 2. The van der Waals surface area contributed by atoms with Crippen LogP contribution in [0.2, 0.25) is 0 Å². The van der Waals surface area contributed by atoms with Gasteiger partial charge in [-0.25, -0.2) is 0 Å². The molecule has 1 saturated carbocycles. The van der Waals surface area contributed by atoms with E-state index in [0.29, 0.717) is 6.04 Å². The predicted octanol–water partition coefficient (Wildman–Crippen LogP) is 0.143. The van der Waals surface area contributed by atoms with Gasteiger partial charge in [-0.15, -0.1) is 0 Å². The van der Waals surface area contributed by atoms with Crippen LogP contribution in [0.15, 0.2) is 0 Å². The zero-order valence-corrected chi connectivity index (χ0v) is 10.8. The minimum absolute atomic E-state index is 0.119. The lowest BCUT2D eigenvalue weighted by atomic mass is 9.99. The lowest BCUT2D eigenvalue weighted by Crippen LogP contribution is -2.52. The van der Waals surface area contributed by atoms with E-state index in [1.807, 2.05) is 13.8 Å². The number of hydrogen-bond acceptors (Lipinski definition) is 3. The Morgan fingerprint density at radius 3 is 2.35 bits per heavy atom. The average molecular weight is 241 g/mol. The van der Waals surface area contributed by atoms with Crippen LogP contribution in [-0.4, -0.2) is 29.9 Å². The molecule has 0 saturated heterocycles. The molecule has 0 radical (unpaired) electrons. The fraction of sp³-hybridized carbons (Fsp3) is 0.833. The van der Waals surface area contributed by atoms with Crippen LogP contribution in [0.5, 0.6) is 0 Å². The van der Waals surface area contributed by atoms with Crippen LogP contribution in [0.3, 0.4) is 0 Å². The van der Waals surface area contributed by atoms with Crippen LogP contribution < -0.4 is 16.4 Å². The molecular formula is C12H23N3O2. The number of rotatable bonds is 6. The van der Waals surface area contributed by atoms with E-state index in [1.54, 1.807) is 6.92 Å². The molecule has 5 heteroatoms. The van der Waals surface area contributed by atoms with Gasteiger partial charge in [0.25, 0.3) is 0 Å². The second kappa shape index (κ2) is 6.00. The first kappa shape index (κ1) is 14.0. The molecule has 17 heavy (non-hydrogen) atoms. The zero-order valence-electron chi connectivity index (χ0n) is 10.8. The summed E-state index contributed by atoms with van der Waals surface area (Å²) >= 11 is 0. The van der Waals surface area contributed by atoms with Crippen molar-refractivity contribution >= 4 is 11.8 Å². The SMILES string of the molecule is CCC(C)[C@H](N)C(=O)NC(C)C(=O)NC1CC1. The Labute approximate surface area is 103 Å². The maximum absolute atomic E-state index is 11.7. The second-order valence-electron chi connectivity index (χ2n) is 4.92. The van der Waals surface area contributed by atoms with Crippen LogP contribution in [0.4, 0.5) is 0 Å².